The number of rotatable bonds is 2. The van der Waals surface area contributed by atoms with Crippen LogP contribution >= 0.6 is 0 Å². The minimum Gasteiger partial charge on any atom is -0.464 e. The summed E-state index contributed by atoms with van der Waals surface area (Å²) in [5.74, 6) is -1.91. The van der Waals surface area contributed by atoms with Crippen molar-refractivity contribution in [3.63, 3.8) is 0 Å². The van der Waals surface area contributed by atoms with Gasteiger partial charge in [0.1, 0.15) is 0 Å². The SMILES string of the molecule is COC(=O)c1nc2c(=O)[nH]c(=O)n(C)c2nc1C(=O)OC. The predicted octanol–water partition coefficient (Wildman–Crippen LogP) is -1.41. The van der Waals surface area contributed by atoms with E-state index in [1.807, 2.05) is 4.98 Å². The highest BCUT2D eigenvalue weighted by Crippen LogP contribution is 2.11. The van der Waals surface area contributed by atoms with E-state index in [4.69, 9.17) is 0 Å². The molecule has 2 heterocycles. The second-order valence-electron chi connectivity index (χ2n) is 3.89. The average Bonchev–Trinajstić information content (AvgIpc) is 2.49. The molecule has 110 valence electrons. The van der Waals surface area contributed by atoms with Gasteiger partial charge in [-0.15, -0.1) is 0 Å². The number of nitrogens with one attached hydrogen (secondary N) is 1. The molecule has 21 heavy (non-hydrogen) atoms. The van der Waals surface area contributed by atoms with Crippen LogP contribution in [0.25, 0.3) is 11.2 Å². The normalized spacial score (nSPS) is 10.4. The fraction of sp³-hybridized carbons (Fsp3) is 0.273. The molecule has 0 aliphatic rings. The number of aromatic amines is 1. The van der Waals surface area contributed by atoms with Crippen molar-refractivity contribution in [2.45, 2.75) is 0 Å². The second-order valence-corrected chi connectivity index (χ2v) is 3.89. The highest BCUT2D eigenvalue weighted by Gasteiger charge is 2.25. The Morgan fingerprint density at radius 3 is 2.10 bits per heavy atom. The molecule has 2 rings (SSSR count). The maximum Gasteiger partial charge on any atom is 0.359 e. The van der Waals surface area contributed by atoms with E-state index in [0.717, 1.165) is 18.8 Å². The number of carbonyl (C=O) groups excluding carboxylic acids is 2. The van der Waals surface area contributed by atoms with Crippen LogP contribution in [0.3, 0.4) is 0 Å². The van der Waals surface area contributed by atoms with E-state index in [1.54, 1.807) is 0 Å². The van der Waals surface area contributed by atoms with E-state index < -0.39 is 34.6 Å². The van der Waals surface area contributed by atoms with Crippen molar-refractivity contribution < 1.29 is 19.1 Å². The Morgan fingerprint density at radius 2 is 1.57 bits per heavy atom. The Balaban J connectivity index is 2.96. The molecule has 0 atom stereocenters. The first-order chi connectivity index (χ1) is 9.90. The summed E-state index contributed by atoms with van der Waals surface area (Å²) < 4.78 is 9.97. The summed E-state index contributed by atoms with van der Waals surface area (Å²) in [5.41, 5.74) is -2.91. The molecule has 0 aliphatic carbocycles. The van der Waals surface area contributed by atoms with Crippen molar-refractivity contribution in [3.8, 4) is 0 Å². The third-order valence-corrected chi connectivity index (χ3v) is 2.69. The second kappa shape index (κ2) is 5.15. The fourth-order valence-corrected chi connectivity index (χ4v) is 1.63. The predicted molar refractivity (Wildman–Crippen MR) is 68.1 cm³/mol. The van der Waals surface area contributed by atoms with Gasteiger partial charge in [0.15, 0.2) is 22.6 Å². The minimum absolute atomic E-state index is 0.156. The zero-order valence-corrected chi connectivity index (χ0v) is 11.3. The van der Waals surface area contributed by atoms with Crippen molar-refractivity contribution >= 4 is 23.1 Å². The number of esters is 2. The molecule has 0 bridgehead atoms. The van der Waals surface area contributed by atoms with Gasteiger partial charge in [0.25, 0.3) is 5.56 Å². The van der Waals surface area contributed by atoms with Gasteiger partial charge in [0.2, 0.25) is 0 Å². The summed E-state index contributed by atoms with van der Waals surface area (Å²) in [6, 6.07) is 0. The topological polar surface area (TPSA) is 133 Å². The van der Waals surface area contributed by atoms with Crippen molar-refractivity contribution in [1.29, 1.82) is 0 Å². The lowest BCUT2D eigenvalue weighted by Crippen LogP contribution is -2.31. The summed E-state index contributed by atoms with van der Waals surface area (Å²) in [4.78, 5) is 56.2. The summed E-state index contributed by atoms with van der Waals surface area (Å²) >= 11 is 0. The Morgan fingerprint density at radius 1 is 1.05 bits per heavy atom. The number of aryl methyl sites for hydroxylation is 1. The van der Waals surface area contributed by atoms with Gasteiger partial charge in [-0.1, -0.05) is 0 Å². The van der Waals surface area contributed by atoms with Gasteiger partial charge in [0.05, 0.1) is 14.2 Å². The number of fused-ring (bicyclic) bond motifs is 1. The van der Waals surface area contributed by atoms with E-state index in [9.17, 15) is 19.2 Å². The zero-order chi connectivity index (χ0) is 15.7. The van der Waals surface area contributed by atoms with Crippen LogP contribution in [0.15, 0.2) is 9.59 Å². The van der Waals surface area contributed by atoms with Crippen molar-refractivity contribution in [2.24, 2.45) is 7.05 Å². The number of H-pyrrole nitrogens is 1. The number of ether oxygens (including phenoxy) is 2. The number of carbonyl (C=O) groups is 2. The molecule has 0 aromatic carbocycles. The van der Waals surface area contributed by atoms with Gasteiger partial charge in [-0.2, -0.15) is 0 Å². The Hall–Kier alpha value is -3.04. The first-order valence-corrected chi connectivity index (χ1v) is 5.58. The third kappa shape index (κ3) is 2.26. The number of aromatic nitrogens is 4. The molecule has 0 saturated heterocycles. The van der Waals surface area contributed by atoms with Gasteiger partial charge in [-0.25, -0.2) is 24.4 Å². The van der Waals surface area contributed by atoms with Crippen molar-refractivity contribution in [1.82, 2.24) is 19.5 Å². The fourth-order valence-electron chi connectivity index (χ4n) is 1.63. The highest BCUT2D eigenvalue weighted by atomic mass is 16.5. The number of methoxy groups -OCH3 is 2. The molecular weight excluding hydrogens is 284 g/mol. The minimum atomic E-state index is -0.960. The number of hydrogen-bond donors (Lipinski definition) is 1. The number of nitrogens with zero attached hydrogens (tertiary/aromatic N) is 3. The summed E-state index contributed by atoms with van der Waals surface area (Å²) in [6.07, 6.45) is 0. The largest absolute Gasteiger partial charge is 0.464 e. The molecular formula is C11H10N4O6. The van der Waals surface area contributed by atoms with E-state index >= 15 is 0 Å². The molecule has 2 aromatic rings. The van der Waals surface area contributed by atoms with Gasteiger partial charge in [0, 0.05) is 7.05 Å². The molecule has 1 N–H and O–H groups in total. The van der Waals surface area contributed by atoms with E-state index in [0.29, 0.717) is 0 Å². The Kier molecular flexibility index (Phi) is 3.52. The lowest BCUT2D eigenvalue weighted by Gasteiger charge is -2.08. The van der Waals surface area contributed by atoms with E-state index in [-0.39, 0.29) is 11.2 Å². The first-order valence-electron chi connectivity index (χ1n) is 5.58. The van der Waals surface area contributed by atoms with Crippen LogP contribution < -0.4 is 11.2 Å². The average molecular weight is 294 g/mol. The zero-order valence-electron chi connectivity index (χ0n) is 11.3. The number of hydrogen-bond acceptors (Lipinski definition) is 8. The lowest BCUT2D eigenvalue weighted by atomic mass is 10.3. The van der Waals surface area contributed by atoms with Crippen molar-refractivity contribution in [2.75, 3.05) is 14.2 Å². The van der Waals surface area contributed by atoms with E-state index in [2.05, 4.69) is 19.4 Å². The molecule has 10 nitrogen and oxygen atoms in total. The Labute approximate surface area is 116 Å². The molecule has 0 fully saturated rings. The summed E-state index contributed by atoms with van der Waals surface area (Å²) in [6.45, 7) is 0. The van der Waals surface area contributed by atoms with Crippen LogP contribution in [0.5, 0.6) is 0 Å². The van der Waals surface area contributed by atoms with Crippen LogP contribution in [0, 0.1) is 0 Å². The molecule has 0 spiro atoms. The van der Waals surface area contributed by atoms with Gasteiger partial charge in [-0.05, 0) is 0 Å². The molecule has 0 aliphatic heterocycles. The van der Waals surface area contributed by atoms with Gasteiger partial charge >= 0.3 is 17.6 Å². The molecule has 0 amide bonds. The monoisotopic (exact) mass is 294 g/mol. The van der Waals surface area contributed by atoms with Crippen LogP contribution in [-0.4, -0.2) is 45.7 Å². The maximum absolute atomic E-state index is 11.7. The van der Waals surface area contributed by atoms with Crippen LogP contribution in [0.2, 0.25) is 0 Å². The highest BCUT2D eigenvalue weighted by molar-refractivity contribution is 6.01. The lowest BCUT2D eigenvalue weighted by molar-refractivity contribution is 0.0545. The molecule has 0 saturated carbocycles. The van der Waals surface area contributed by atoms with Crippen LogP contribution in [0.1, 0.15) is 21.0 Å². The summed E-state index contributed by atoms with van der Waals surface area (Å²) in [7, 11) is 3.50. The van der Waals surface area contributed by atoms with Crippen molar-refractivity contribution in [3.05, 3.63) is 32.2 Å². The smallest absolute Gasteiger partial charge is 0.359 e. The van der Waals surface area contributed by atoms with Crippen LogP contribution in [-0.2, 0) is 16.5 Å². The van der Waals surface area contributed by atoms with Gasteiger partial charge in [-0.3, -0.25) is 14.3 Å². The maximum atomic E-state index is 11.7. The molecule has 10 heteroatoms. The molecule has 2 aromatic heterocycles. The quantitative estimate of drug-likeness (QED) is 0.668. The Bertz CT molecular complexity index is 865. The van der Waals surface area contributed by atoms with E-state index in [1.165, 1.54) is 7.05 Å². The van der Waals surface area contributed by atoms with Crippen LogP contribution in [0.4, 0.5) is 0 Å². The molecule has 0 unspecified atom stereocenters. The summed E-state index contributed by atoms with van der Waals surface area (Å²) in [5, 5.41) is 0. The first kappa shape index (κ1) is 14.4. The molecule has 0 radical (unpaired) electrons. The third-order valence-electron chi connectivity index (χ3n) is 2.69. The van der Waals surface area contributed by atoms with Gasteiger partial charge < -0.3 is 9.47 Å². The standard InChI is InChI=1S/C11H10N4O6/c1-15-7-6(8(16)14-11(15)19)12-4(9(17)20-2)5(13-7)10(18)21-3/h1-3H3,(H,14,16,19).